The van der Waals surface area contributed by atoms with Gasteiger partial charge < -0.3 is 10.1 Å². The molecule has 0 unspecified atom stereocenters. The monoisotopic (exact) mass is 503 g/mol. The first-order chi connectivity index (χ1) is 17.2. The van der Waals surface area contributed by atoms with Gasteiger partial charge in [-0.15, -0.1) is 0 Å². The van der Waals surface area contributed by atoms with Gasteiger partial charge in [-0.2, -0.15) is 0 Å². The van der Waals surface area contributed by atoms with E-state index in [9.17, 15) is 19.2 Å². The zero-order valence-electron chi connectivity index (χ0n) is 19.5. The molecule has 36 heavy (non-hydrogen) atoms. The molecule has 2 N–H and O–H groups in total. The molecule has 0 radical (unpaired) electrons. The van der Waals surface area contributed by atoms with Crippen LogP contribution in [0.4, 0.5) is 16.2 Å². The van der Waals surface area contributed by atoms with E-state index in [1.165, 1.54) is 12.1 Å². The minimum absolute atomic E-state index is 0.226. The first kappa shape index (κ1) is 24.7. The summed E-state index contributed by atoms with van der Waals surface area (Å²) in [6, 6.07) is 17.8. The number of imide groups is 2. The van der Waals surface area contributed by atoms with Gasteiger partial charge in [-0.1, -0.05) is 48.0 Å². The second-order valence-corrected chi connectivity index (χ2v) is 8.54. The molecule has 1 aliphatic rings. The van der Waals surface area contributed by atoms with E-state index in [-0.39, 0.29) is 29.5 Å². The van der Waals surface area contributed by atoms with Crippen molar-refractivity contribution in [3.63, 3.8) is 0 Å². The number of nitrogens with zero attached hydrogens (tertiary/aromatic N) is 1. The number of urea groups is 1. The van der Waals surface area contributed by atoms with Crippen LogP contribution in [-0.2, 0) is 14.4 Å². The SMILES string of the molecule is Cc1cccc(NC(=O)COc2ccccc2/C=C2\C(=O)NC(=O)N(c3ccc(C)c(Cl)c3)C2=O)c1. The average Bonchev–Trinajstić information content (AvgIpc) is 2.83. The highest BCUT2D eigenvalue weighted by Crippen LogP contribution is 2.28. The smallest absolute Gasteiger partial charge is 0.335 e. The van der Waals surface area contributed by atoms with E-state index in [1.807, 2.05) is 25.1 Å². The van der Waals surface area contributed by atoms with Gasteiger partial charge in [0.25, 0.3) is 17.7 Å². The fraction of sp³-hybridized carbons (Fsp3) is 0.111. The van der Waals surface area contributed by atoms with Crippen molar-refractivity contribution in [2.24, 2.45) is 0 Å². The predicted molar refractivity (Wildman–Crippen MR) is 137 cm³/mol. The molecule has 1 heterocycles. The van der Waals surface area contributed by atoms with E-state index in [4.69, 9.17) is 16.3 Å². The lowest BCUT2D eigenvalue weighted by atomic mass is 10.1. The topological polar surface area (TPSA) is 105 Å². The Labute approximate surface area is 212 Å². The van der Waals surface area contributed by atoms with Gasteiger partial charge in [0.05, 0.1) is 5.69 Å². The maximum absolute atomic E-state index is 13.2. The molecule has 0 spiro atoms. The van der Waals surface area contributed by atoms with Crippen molar-refractivity contribution in [2.75, 3.05) is 16.8 Å². The number of para-hydroxylation sites is 1. The van der Waals surface area contributed by atoms with Crippen LogP contribution in [-0.4, -0.2) is 30.4 Å². The summed E-state index contributed by atoms with van der Waals surface area (Å²) in [4.78, 5) is 51.4. The fourth-order valence-electron chi connectivity index (χ4n) is 3.56. The van der Waals surface area contributed by atoms with Crippen molar-refractivity contribution in [1.82, 2.24) is 5.32 Å². The Hall–Kier alpha value is -4.43. The van der Waals surface area contributed by atoms with E-state index < -0.39 is 17.8 Å². The summed E-state index contributed by atoms with van der Waals surface area (Å²) in [7, 11) is 0. The van der Waals surface area contributed by atoms with Gasteiger partial charge in [-0.25, -0.2) is 9.69 Å². The second kappa shape index (κ2) is 10.5. The Bertz CT molecular complexity index is 1420. The van der Waals surface area contributed by atoms with Crippen molar-refractivity contribution < 1.29 is 23.9 Å². The lowest BCUT2D eigenvalue weighted by Gasteiger charge is -2.26. The van der Waals surface area contributed by atoms with E-state index in [2.05, 4.69) is 10.6 Å². The lowest BCUT2D eigenvalue weighted by Crippen LogP contribution is -2.54. The molecule has 0 saturated carbocycles. The highest BCUT2D eigenvalue weighted by Gasteiger charge is 2.37. The maximum Gasteiger partial charge on any atom is 0.335 e. The van der Waals surface area contributed by atoms with Crippen LogP contribution in [0.25, 0.3) is 6.08 Å². The Kier molecular flexibility index (Phi) is 7.17. The van der Waals surface area contributed by atoms with E-state index in [1.54, 1.807) is 49.4 Å². The minimum Gasteiger partial charge on any atom is -0.483 e. The molecule has 0 aliphatic carbocycles. The standard InChI is InChI=1S/C27H22ClN3O5/c1-16-6-5-8-19(12-16)29-24(32)15-36-23-9-4-3-7-18(23)13-21-25(33)30-27(35)31(26(21)34)20-11-10-17(2)22(28)14-20/h3-14H,15H2,1-2H3,(H,29,32)(H,30,33,35)/b21-13+. The van der Waals surface area contributed by atoms with Crippen molar-refractivity contribution in [3.8, 4) is 5.75 Å². The summed E-state index contributed by atoms with van der Waals surface area (Å²) >= 11 is 6.16. The van der Waals surface area contributed by atoms with Crippen molar-refractivity contribution in [3.05, 3.63) is 94.0 Å². The number of barbiturate groups is 1. The van der Waals surface area contributed by atoms with Crippen LogP contribution in [0.15, 0.2) is 72.3 Å². The molecular weight excluding hydrogens is 482 g/mol. The number of halogens is 1. The molecule has 182 valence electrons. The molecule has 1 saturated heterocycles. The van der Waals surface area contributed by atoms with Crippen LogP contribution in [0, 0.1) is 13.8 Å². The first-order valence-electron chi connectivity index (χ1n) is 11.0. The molecule has 0 atom stereocenters. The zero-order chi connectivity index (χ0) is 25.8. The Morgan fingerprint density at radius 1 is 1.03 bits per heavy atom. The molecule has 1 fully saturated rings. The quantitative estimate of drug-likeness (QED) is 0.376. The summed E-state index contributed by atoms with van der Waals surface area (Å²) in [5.74, 6) is -1.74. The highest BCUT2D eigenvalue weighted by atomic mass is 35.5. The normalized spacial score (nSPS) is 14.6. The predicted octanol–water partition coefficient (Wildman–Crippen LogP) is 4.64. The number of hydrogen-bond acceptors (Lipinski definition) is 5. The van der Waals surface area contributed by atoms with Crippen molar-refractivity contribution in [2.45, 2.75) is 13.8 Å². The van der Waals surface area contributed by atoms with Crippen LogP contribution in [0.5, 0.6) is 5.75 Å². The van der Waals surface area contributed by atoms with Crippen LogP contribution < -0.4 is 20.3 Å². The van der Waals surface area contributed by atoms with Gasteiger partial charge >= 0.3 is 6.03 Å². The van der Waals surface area contributed by atoms with Crippen LogP contribution in [0.2, 0.25) is 5.02 Å². The molecular formula is C27H22ClN3O5. The fourth-order valence-corrected chi connectivity index (χ4v) is 3.74. The number of anilines is 2. The molecule has 0 bridgehead atoms. The summed E-state index contributed by atoms with van der Waals surface area (Å²) in [5, 5.41) is 5.30. The summed E-state index contributed by atoms with van der Waals surface area (Å²) < 4.78 is 5.68. The van der Waals surface area contributed by atoms with Gasteiger partial charge in [-0.3, -0.25) is 19.7 Å². The van der Waals surface area contributed by atoms with Crippen molar-refractivity contribution in [1.29, 1.82) is 0 Å². The van der Waals surface area contributed by atoms with Crippen LogP contribution >= 0.6 is 11.6 Å². The molecule has 5 amide bonds. The lowest BCUT2D eigenvalue weighted by molar-refractivity contribution is -0.122. The third kappa shape index (κ3) is 5.45. The number of rotatable bonds is 6. The van der Waals surface area contributed by atoms with Gasteiger partial charge in [0.15, 0.2) is 6.61 Å². The Balaban J connectivity index is 1.56. The number of aryl methyl sites for hydroxylation is 2. The zero-order valence-corrected chi connectivity index (χ0v) is 20.3. The molecule has 1 aliphatic heterocycles. The summed E-state index contributed by atoms with van der Waals surface area (Å²) in [6.45, 7) is 3.42. The first-order valence-corrected chi connectivity index (χ1v) is 11.4. The molecule has 3 aromatic rings. The number of ether oxygens (including phenoxy) is 1. The molecule has 8 nitrogen and oxygen atoms in total. The van der Waals surface area contributed by atoms with E-state index in [0.717, 1.165) is 16.0 Å². The Morgan fingerprint density at radius 3 is 2.56 bits per heavy atom. The third-order valence-corrected chi connectivity index (χ3v) is 5.80. The summed E-state index contributed by atoms with van der Waals surface area (Å²) in [5.41, 5.74) is 2.76. The third-order valence-electron chi connectivity index (χ3n) is 5.39. The van der Waals surface area contributed by atoms with Crippen LogP contribution in [0.1, 0.15) is 16.7 Å². The van der Waals surface area contributed by atoms with E-state index in [0.29, 0.717) is 16.3 Å². The Morgan fingerprint density at radius 2 is 1.81 bits per heavy atom. The van der Waals surface area contributed by atoms with E-state index >= 15 is 0 Å². The number of amides is 5. The van der Waals surface area contributed by atoms with Gasteiger partial charge in [-0.05, 0) is 61.4 Å². The van der Waals surface area contributed by atoms with Gasteiger partial charge in [0.2, 0.25) is 0 Å². The number of carbonyl (C=O) groups excluding carboxylic acids is 4. The number of benzene rings is 3. The second-order valence-electron chi connectivity index (χ2n) is 8.14. The summed E-state index contributed by atoms with van der Waals surface area (Å²) in [6.07, 6.45) is 1.32. The molecule has 0 aromatic heterocycles. The van der Waals surface area contributed by atoms with Gasteiger partial charge in [0.1, 0.15) is 11.3 Å². The molecule has 3 aromatic carbocycles. The molecule has 4 rings (SSSR count). The average molecular weight is 504 g/mol. The maximum atomic E-state index is 13.2. The minimum atomic E-state index is -0.876. The van der Waals surface area contributed by atoms with Crippen LogP contribution in [0.3, 0.4) is 0 Å². The number of nitrogens with one attached hydrogen (secondary N) is 2. The largest absolute Gasteiger partial charge is 0.483 e. The van der Waals surface area contributed by atoms with Crippen molar-refractivity contribution >= 4 is 52.8 Å². The number of carbonyl (C=O) groups is 4. The highest BCUT2D eigenvalue weighted by molar-refractivity contribution is 6.39. The van der Waals surface area contributed by atoms with Gasteiger partial charge in [0, 0.05) is 16.3 Å². The number of hydrogen-bond donors (Lipinski definition) is 2. The molecule has 9 heteroatoms.